The van der Waals surface area contributed by atoms with E-state index in [0.29, 0.717) is 6.04 Å². The zero-order valence-corrected chi connectivity index (χ0v) is 14.8. The van der Waals surface area contributed by atoms with Gasteiger partial charge in [-0.05, 0) is 44.6 Å². The van der Waals surface area contributed by atoms with Crippen molar-refractivity contribution in [2.24, 2.45) is 0 Å². The Morgan fingerprint density at radius 2 is 1.88 bits per heavy atom. The predicted molar refractivity (Wildman–Crippen MR) is 98.1 cm³/mol. The summed E-state index contributed by atoms with van der Waals surface area (Å²) >= 11 is 0. The molecule has 1 N–H and O–H groups in total. The normalized spacial score (nSPS) is 16.7. The molecule has 1 saturated heterocycles. The molecular weight excluding hydrogens is 314 g/mol. The second-order valence-electron chi connectivity index (χ2n) is 6.63. The summed E-state index contributed by atoms with van der Waals surface area (Å²) in [4.78, 5) is 17.0. The molecule has 6 heteroatoms. The molecule has 132 valence electrons. The summed E-state index contributed by atoms with van der Waals surface area (Å²) in [7, 11) is 3.91. The Hall–Kier alpha value is -2.47. The number of nitrogens with one attached hydrogen (secondary N) is 1. The number of nitrogens with zero attached hydrogens (tertiary/aromatic N) is 4. The fraction of sp³-hybridized carbons (Fsp3) is 0.421. The predicted octanol–water partition coefficient (Wildman–Crippen LogP) is 2.18. The molecule has 6 nitrogen and oxygen atoms in total. The standard InChI is InChI=1S/C19H25N5O/c1-23(2)18(15-7-4-3-5-8-15)19(25)24-13-10-16(11-14-24)21-17-9-6-12-20-22-17/h3-9,12,16,18H,10-11,13-14H2,1-2H3,(H,21,22). The number of hydrogen-bond donors (Lipinski definition) is 1. The van der Waals surface area contributed by atoms with E-state index in [2.05, 4.69) is 15.5 Å². The van der Waals surface area contributed by atoms with E-state index in [4.69, 9.17) is 0 Å². The van der Waals surface area contributed by atoms with Crippen LogP contribution in [0, 0.1) is 0 Å². The number of likely N-dealkylation sites (tertiary alicyclic amines) is 1. The van der Waals surface area contributed by atoms with Crippen LogP contribution < -0.4 is 5.32 Å². The number of anilines is 1. The number of amides is 1. The minimum absolute atomic E-state index is 0.175. The molecule has 0 spiro atoms. The van der Waals surface area contributed by atoms with Crippen molar-refractivity contribution in [1.82, 2.24) is 20.0 Å². The summed E-state index contributed by atoms with van der Waals surface area (Å²) in [5.74, 6) is 0.969. The lowest BCUT2D eigenvalue weighted by Crippen LogP contribution is -2.46. The zero-order chi connectivity index (χ0) is 17.6. The van der Waals surface area contributed by atoms with E-state index in [0.717, 1.165) is 37.3 Å². The fourth-order valence-electron chi connectivity index (χ4n) is 3.30. The number of carbonyl (C=O) groups excluding carboxylic acids is 1. The Kier molecular flexibility index (Phi) is 5.60. The van der Waals surface area contributed by atoms with Gasteiger partial charge in [-0.15, -0.1) is 5.10 Å². The SMILES string of the molecule is CN(C)C(C(=O)N1CCC(Nc2cccnn2)CC1)c1ccccc1. The highest BCUT2D eigenvalue weighted by atomic mass is 16.2. The third kappa shape index (κ3) is 4.33. The van der Waals surface area contributed by atoms with Crippen molar-refractivity contribution in [1.29, 1.82) is 0 Å². The molecular formula is C19H25N5O. The molecule has 3 rings (SSSR count). The molecule has 0 saturated carbocycles. The van der Waals surface area contributed by atoms with Crippen molar-refractivity contribution in [3.8, 4) is 0 Å². The summed E-state index contributed by atoms with van der Waals surface area (Å²) in [5, 5.41) is 11.4. The van der Waals surface area contributed by atoms with Gasteiger partial charge in [-0.3, -0.25) is 9.69 Å². The maximum Gasteiger partial charge on any atom is 0.244 e. The van der Waals surface area contributed by atoms with Crippen LogP contribution in [-0.4, -0.2) is 59.1 Å². The van der Waals surface area contributed by atoms with E-state index in [9.17, 15) is 4.79 Å². The minimum Gasteiger partial charge on any atom is -0.366 e. The van der Waals surface area contributed by atoms with Gasteiger partial charge < -0.3 is 10.2 Å². The van der Waals surface area contributed by atoms with Gasteiger partial charge in [0.05, 0.1) is 0 Å². The first-order chi connectivity index (χ1) is 12.1. The van der Waals surface area contributed by atoms with E-state index in [1.54, 1.807) is 6.20 Å². The first-order valence-electron chi connectivity index (χ1n) is 8.69. The second-order valence-corrected chi connectivity index (χ2v) is 6.63. The maximum absolute atomic E-state index is 13.0. The van der Waals surface area contributed by atoms with Gasteiger partial charge in [0.25, 0.3) is 0 Å². The van der Waals surface area contributed by atoms with Crippen LogP contribution in [0.2, 0.25) is 0 Å². The van der Waals surface area contributed by atoms with E-state index in [1.807, 2.05) is 66.4 Å². The summed E-state index contributed by atoms with van der Waals surface area (Å²) in [6, 6.07) is 13.9. The minimum atomic E-state index is -0.231. The van der Waals surface area contributed by atoms with Gasteiger partial charge in [0.1, 0.15) is 11.9 Å². The second kappa shape index (κ2) is 8.07. The number of carbonyl (C=O) groups is 1. The van der Waals surface area contributed by atoms with E-state index in [1.165, 1.54) is 0 Å². The average Bonchev–Trinajstić information content (AvgIpc) is 2.64. The van der Waals surface area contributed by atoms with Crippen LogP contribution in [0.3, 0.4) is 0 Å². The van der Waals surface area contributed by atoms with Crippen LogP contribution in [0.5, 0.6) is 0 Å². The fourth-order valence-corrected chi connectivity index (χ4v) is 3.30. The highest BCUT2D eigenvalue weighted by molar-refractivity contribution is 5.83. The molecule has 0 aliphatic carbocycles. The van der Waals surface area contributed by atoms with Gasteiger partial charge in [0, 0.05) is 25.3 Å². The van der Waals surface area contributed by atoms with E-state index in [-0.39, 0.29) is 11.9 Å². The summed E-state index contributed by atoms with van der Waals surface area (Å²) in [6.45, 7) is 1.52. The molecule has 1 atom stereocenters. The zero-order valence-electron chi connectivity index (χ0n) is 14.8. The molecule has 1 aromatic heterocycles. The van der Waals surface area contributed by atoms with Crippen molar-refractivity contribution in [3.05, 3.63) is 54.2 Å². The molecule has 1 amide bonds. The number of benzene rings is 1. The summed E-state index contributed by atoms with van der Waals surface area (Å²) in [6.07, 6.45) is 3.49. The highest BCUT2D eigenvalue weighted by Crippen LogP contribution is 2.23. The van der Waals surface area contributed by atoms with Crippen molar-refractivity contribution in [2.75, 3.05) is 32.5 Å². The molecule has 25 heavy (non-hydrogen) atoms. The Balaban J connectivity index is 1.60. The van der Waals surface area contributed by atoms with Crippen LogP contribution in [0.25, 0.3) is 0 Å². The summed E-state index contributed by atoms with van der Waals surface area (Å²) in [5.41, 5.74) is 1.04. The highest BCUT2D eigenvalue weighted by Gasteiger charge is 2.30. The van der Waals surface area contributed by atoms with Gasteiger partial charge >= 0.3 is 0 Å². The van der Waals surface area contributed by atoms with Gasteiger partial charge in [-0.1, -0.05) is 30.3 Å². The topological polar surface area (TPSA) is 61.4 Å². The van der Waals surface area contributed by atoms with Crippen LogP contribution >= 0.6 is 0 Å². The lowest BCUT2D eigenvalue weighted by molar-refractivity contribution is -0.137. The maximum atomic E-state index is 13.0. The van der Waals surface area contributed by atoms with Crippen molar-refractivity contribution in [3.63, 3.8) is 0 Å². The Labute approximate surface area is 148 Å². The lowest BCUT2D eigenvalue weighted by atomic mass is 10.0. The molecule has 2 heterocycles. The van der Waals surface area contributed by atoms with Gasteiger partial charge in [-0.2, -0.15) is 5.10 Å². The third-order valence-electron chi connectivity index (χ3n) is 4.60. The number of rotatable bonds is 5. The number of piperidine rings is 1. The van der Waals surface area contributed by atoms with Crippen LogP contribution in [0.1, 0.15) is 24.4 Å². The van der Waals surface area contributed by atoms with Crippen molar-refractivity contribution in [2.45, 2.75) is 24.9 Å². The van der Waals surface area contributed by atoms with Crippen LogP contribution in [0.4, 0.5) is 5.82 Å². The molecule has 2 aromatic rings. The number of hydrogen-bond acceptors (Lipinski definition) is 5. The lowest BCUT2D eigenvalue weighted by Gasteiger charge is -2.36. The Bertz CT molecular complexity index is 669. The third-order valence-corrected chi connectivity index (χ3v) is 4.60. The summed E-state index contributed by atoms with van der Waals surface area (Å²) < 4.78 is 0. The van der Waals surface area contributed by atoms with E-state index < -0.39 is 0 Å². The van der Waals surface area contributed by atoms with Crippen LogP contribution in [0.15, 0.2) is 48.7 Å². The number of likely N-dealkylation sites (N-methyl/N-ethyl adjacent to an activating group) is 1. The largest absolute Gasteiger partial charge is 0.366 e. The molecule has 1 fully saturated rings. The first-order valence-corrected chi connectivity index (χ1v) is 8.69. The van der Waals surface area contributed by atoms with Gasteiger partial charge in [0.15, 0.2) is 0 Å². The van der Waals surface area contributed by atoms with Gasteiger partial charge in [-0.25, -0.2) is 0 Å². The number of aromatic nitrogens is 2. The smallest absolute Gasteiger partial charge is 0.244 e. The quantitative estimate of drug-likeness (QED) is 0.905. The van der Waals surface area contributed by atoms with Gasteiger partial charge in [0.2, 0.25) is 5.91 Å². The monoisotopic (exact) mass is 339 g/mol. The molecule has 1 unspecified atom stereocenters. The Morgan fingerprint density at radius 3 is 2.48 bits per heavy atom. The molecule has 0 bridgehead atoms. The van der Waals surface area contributed by atoms with E-state index >= 15 is 0 Å². The molecule has 1 aromatic carbocycles. The molecule has 1 aliphatic rings. The average molecular weight is 339 g/mol. The van der Waals surface area contributed by atoms with Crippen LogP contribution in [-0.2, 0) is 4.79 Å². The molecule has 1 aliphatic heterocycles. The Morgan fingerprint density at radius 1 is 1.16 bits per heavy atom. The molecule has 0 radical (unpaired) electrons. The first kappa shape index (κ1) is 17.4. The van der Waals surface area contributed by atoms with Crippen molar-refractivity contribution < 1.29 is 4.79 Å². The van der Waals surface area contributed by atoms with Crippen molar-refractivity contribution >= 4 is 11.7 Å².